The zero-order valence-electron chi connectivity index (χ0n) is 11.2. The van der Waals surface area contributed by atoms with E-state index >= 15 is 0 Å². The van der Waals surface area contributed by atoms with Gasteiger partial charge >= 0.3 is 0 Å². The van der Waals surface area contributed by atoms with Gasteiger partial charge in [-0.2, -0.15) is 0 Å². The Labute approximate surface area is 130 Å². The standard InChI is InChI=1S/C14H12ClFN4S/c1-9-17-4-5-20(9)13-3-2-10(16)6-12(13)18-7-11-8-19-14(15)21-11/h2-6,8,18H,7H2,1H3. The summed E-state index contributed by atoms with van der Waals surface area (Å²) in [6, 6.07) is 4.63. The second kappa shape index (κ2) is 5.83. The number of anilines is 1. The molecule has 0 unspecified atom stereocenters. The predicted molar refractivity (Wildman–Crippen MR) is 82.7 cm³/mol. The number of imidazole rings is 1. The second-order valence-corrected chi connectivity index (χ2v) is 6.14. The summed E-state index contributed by atoms with van der Waals surface area (Å²) in [7, 11) is 0. The molecule has 3 aromatic rings. The molecule has 108 valence electrons. The molecule has 0 radical (unpaired) electrons. The summed E-state index contributed by atoms with van der Waals surface area (Å²) in [6.07, 6.45) is 5.27. The maximum atomic E-state index is 13.5. The number of aromatic nitrogens is 3. The van der Waals surface area contributed by atoms with Gasteiger partial charge in [0.1, 0.15) is 11.6 Å². The fourth-order valence-corrected chi connectivity index (χ4v) is 2.96. The van der Waals surface area contributed by atoms with Crippen molar-refractivity contribution < 1.29 is 4.39 Å². The van der Waals surface area contributed by atoms with E-state index in [0.29, 0.717) is 16.7 Å². The lowest BCUT2D eigenvalue weighted by molar-refractivity contribution is 0.627. The first-order valence-corrected chi connectivity index (χ1v) is 7.47. The van der Waals surface area contributed by atoms with Crippen LogP contribution in [0.5, 0.6) is 0 Å². The van der Waals surface area contributed by atoms with E-state index in [4.69, 9.17) is 11.6 Å². The van der Waals surface area contributed by atoms with Crippen molar-refractivity contribution in [3.63, 3.8) is 0 Å². The summed E-state index contributed by atoms with van der Waals surface area (Å²) in [5.41, 5.74) is 1.54. The van der Waals surface area contributed by atoms with Crippen molar-refractivity contribution in [3.8, 4) is 5.69 Å². The van der Waals surface area contributed by atoms with E-state index in [1.54, 1.807) is 18.5 Å². The van der Waals surface area contributed by atoms with E-state index in [1.807, 2.05) is 17.7 Å². The van der Waals surface area contributed by atoms with Crippen LogP contribution in [-0.2, 0) is 6.54 Å². The van der Waals surface area contributed by atoms with Gasteiger partial charge in [0.15, 0.2) is 4.47 Å². The second-order valence-electron chi connectivity index (χ2n) is 4.44. The quantitative estimate of drug-likeness (QED) is 0.788. The first-order chi connectivity index (χ1) is 10.1. The molecule has 7 heteroatoms. The molecule has 3 rings (SSSR count). The van der Waals surface area contributed by atoms with Crippen molar-refractivity contribution in [1.82, 2.24) is 14.5 Å². The number of hydrogen-bond acceptors (Lipinski definition) is 4. The van der Waals surface area contributed by atoms with Crippen molar-refractivity contribution in [2.75, 3.05) is 5.32 Å². The molecule has 21 heavy (non-hydrogen) atoms. The Balaban J connectivity index is 1.90. The maximum Gasteiger partial charge on any atom is 0.183 e. The molecule has 4 nitrogen and oxygen atoms in total. The summed E-state index contributed by atoms with van der Waals surface area (Å²) in [4.78, 5) is 9.17. The summed E-state index contributed by atoms with van der Waals surface area (Å²) in [5.74, 6) is 0.548. The zero-order chi connectivity index (χ0) is 14.8. The number of benzene rings is 1. The zero-order valence-corrected chi connectivity index (χ0v) is 12.7. The van der Waals surface area contributed by atoms with Gasteiger partial charge < -0.3 is 9.88 Å². The SMILES string of the molecule is Cc1nccn1-c1ccc(F)cc1NCc1cnc(Cl)s1. The first kappa shape index (κ1) is 14.0. The lowest BCUT2D eigenvalue weighted by atomic mass is 10.2. The van der Waals surface area contributed by atoms with Crippen LogP contribution in [0, 0.1) is 12.7 Å². The smallest absolute Gasteiger partial charge is 0.183 e. The highest BCUT2D eigenvalue weighted by Gasteiger charge is 2.09. The molecule has 0 aliphatic carbocycles. The van der Waals surface area contributed by atoms with Gasteiger partial charge in [0.25, 0.3) is 0 Å². The molecule has 2 heterocycles. The molecule has 0 aliphatic rings. The van der Waals surface area contributed by atoms with Crippen LogP contribution in [0.3, 0.4) is 0 Å². The van der Waals surface area contributed by atoms with Crippen molar-refractivity contribution in [1.29, 1.82) is 0 Å². The first-order valence-electron chi connectivity index (χ1n) is 6.27. The molecular formula is C14H12ClFN4S. The summed E-state index contributed by atoms with van der Waals surface area (Å²) < 4.78 is 15.9. The van der Waals surface area contributed by atoms with Crippen LogP contribution >= 0.6 is 22.9 Å². The van der Waals surface area contributed by atoms with Gasteiger partial charge in [0.05, 0.1) is 17.9 Å². The van der Waals surface area contributed by atoms with Gasteiger partial charge in [-0.25, -0.2) is 14.4 Å². The minimum Gasteiger partial charge on any atom is -0.378 e. The number of thiazole rings is 1. The van der Waals surface area contributed by atoms with E-state index in [2.05, 4.69) is 15.3 Å². The monoisotopic (exact) mass is 322 g/mol. The molecule has 0 amide bonds. The Hall–Kier alpha value is -1.92. The highest BCUT2D eigenvalue weighted by atomic mass is 35.5. The van der Waals surface area contributed by atoms with Gasteiger partial charge in [-0.3, -0.25) is 0 Å². The minimum atomic E-state index is -0.290. The van der Waals surface area contributed by atoms with Gasteiger partial charge in [0, 0.05) is 23.5 Å². The lowest BCUT2D eigenvalue weighted by Crippen LogP contribution is -2.05. The van der Waals surface area contributed by atoms with E-state index < -0.39 is 0 Å². The van der Waals surface area contributed by atoms with Gasteiger partial charge in [-0.05, 0) is 25.1 Å². The van der Waals surface area contributed by atoms with Crippen LogP contribution in [0.1, 0.15) is 10.7 Å². The Morgan fingerprint density at radius 2 is 2.24 bits per heavy atom. The van der Waals surface area contributed by atoms with Crippen LogP contribution in [0.15, 0.2) is 36.8 Å². The number of rotatable bonds is 4. The van der Waals surface area contributed by atoms with E-state index in [-0.39, 0.29) is 5.82 Å². The number of halogens is 2. The average Bonchev–Trinajstić information content (AvgIpc) is 3.05. The largest absolute Gasteiger partial charge is 0.378 e. The lowest BCUT2D eigenvalue weighted by Gasteiger charge is -2.13. The predicted octanol–water partition coefficient (Wildman–Crippen LogP) is 4.04. The van der Waals surface area contributed by atoms with Crippen molar-refractivity contribution in [2.24, 2.45) is 0 Å². The number of nitrogens with one attached hydrogen (secondary N) is 1. The summed E-state index contributed by atoms with van der Waals surface area (Å²) >= 11 is 7.20. The van der Waals surface area contributed by atoms with E-state index in [9.17, 15) is 4.39 Å². The third kappa shape index (κ3) is 3.06. The molecule has 0 bridgehead atoms. The van der Waals surface area contributed by atoms with Crippen LogP contribution in [0.25, 0.3) is 5.69 Å². The van der Waals surface area contributed by atoms with Crippen LogP contribution < -0.4 is 5.32 Å². The van der Waals surface area contributed by atoms with E-state index in [1.165, 1.54) is 23.5 Å². The summed E-state index contributed by atoms with van der Waals surface area (Å²) in [6.45, 7) is 2.44. The Morgan fingerprint density at radius 3 is 2.90 bits per heavy atom. The fourth-order valence-electron chi connectivity index (χ4n) is 2.04. The Kier molecular flexibility index (Phi) is 3.90. The molecule has 0 saturated heterocycles. The molecule has 1 aromatic carbocycles. The van der Waals surface area contributed by atoms with Gasteiger partial charge in [-0.15, -0.1) is 11.3 Å². The Bertz CT molecular complexity index is 768. The van der Waals surface area contributed by atoms with E-state index in [0.717, 1.165) is 16.4 Å². The molecule has 2 aromatic heterocycles. The summed E-state index contributed by atoms with van der Waals surface area (Å²) in [5, 5.41) is 3.22. The third-order valence-electron chi connectivity index (χ3n) is 3.02. The molecule has 1 N–H and O–H groups in total. The van der Waals surface area contributed by atoms with Gasteiger partial charge in [0.2, 0.25) is 0 Å². The molecule has 0 spiro atoms. The molecule has 0 fully saturated rings. The highest BCUT2D eigenvalue weighted by Crippen LogP contribution is 2.25. The Morgan fingerprint density at radius 1 is 1.38 bits per heavy atom. The van der Waals surface area contributed by atoms with Crippen molar-refractivity contribution >= 4 is 28.6 Å². The molecule has 0 atom stereocenters. The minimum absolute atomic E-state index is 0.290. The van der Waals surface area contributed by atoms with Gasteiger partial charge in [-0.1, -0.05) is 11.6 Å². The number of aryl methyl sites for hydroxylation is 1. The van der Waals surface area contributed by atoms with Crippen LogP contribution in [0.2, 0.25) is 4.47 Å². The van der Waals surface area contributed by atoms with Crippen molar-refractivity contribution in [3.05, 3.63) is 57.8 Å². The van der Waals surface area contributed by atoms with Crippen molar-refractivity contribution in [2.45, 2.75) is 13.5 Å². The maximum absolute atomic E-state index is 13.5. The normalized spacial score (nSPS) is 10.8. The fraction of sp³-hybridized carbons (Fsp3) is 0.143. The molecular weight excluding hydrogens is 311 g/mol. The average molecular weight is 323 g/mol. The number of hydrogen-bond donors (Lipinski definition) is 1. The molecule has 0 saturated carbocycles. The topological polar surface area (TPSA) is 42.7 Å². The molecule has 0 aliphatic heterocycles. The third-order valence-corrected chi connectivity index (χ3v) is 4.14. The van der Waals surface area contributed by atoms with Crippen LogP contribution in [-0.4, -0.2) is 14.5 Å². The highest BCUT2D eigenvalue weighted by molar-refractivity contribution is 7.15. The van der Waals surface area contributed by atoms with Crippen LogP contribution in [0.4, 0.5) is 10.1 Å². The number of nitrogens with zero attached hydrogens (tertiary/aromatic N) is 3.